The largest absolute Gasteiger partial charge is 0.338 e. The number of hydrogen-bond acceptors (Lipinski definition) is 6. The first-order valence-electron chi connectivity index (χ1n) is 8.00. The number of aromatic nitrogens is 2. The van der Waals surface area contributed by atoms with Gasteiger partial charge in [0.25, 0.3) is 11.8 Å². The van der Waals surface area contributed by atoms with Crippen molar-refractivity contribution in [2.45, 2.75) is 37.6 Å². The molecule has 0 saturated heterocycles. The van der Waals surface area contributed by atoms with Crippen LogP contribution in [0.3, 0.4) is 0 Å². The Bertz CT molecular complexity index is 803. The third kappa shape index (κ3) is 2.89. The van der Waals surface area contributed by atoms with Gasteiger partial charge in [-0.1, -0.05) is 30.5 Å². The number of hydrogen-bond donors (Lipinski definition) is 1. The summed E-state index contributed by atoms with van der Waals surface area (Å²) in [6.07, 6.45) is 4.91. The van der Waals surface area contributed by atoms with Crippen LogP contribution in [0.1, 0.15) is 48.4 Å². The summed E-state index contributed by atoms with van der Waals surface area (Å²) in [5.41, 5.74) is 0.128. The number of amides is 1. The van der Waals surface area contributed by atoms with Gasteiger partial charge in [0.1, 0.15) is 5.54 Å². The lowest BCUT2D eigenvalue weighted by Gasteiger charge is -2.34. The Balaban J connectivity index is 1.65. The zero-order valence-corrected chi connectivity index (χ0v) is 14.7. The van der Waals surface area contributed by atoms with E-state index in [-0.39, 0.29) is 5.91 Å². The zero-order chi connectivity index (χ0) is 16.4. The number of nitrogens with one attached hydrogen (secondary N) is 1. The van der Waals surface area contributed by atoms with E-state index in [2.05, 4.69) is 15.5 Å². The quantitative estimate of drug-likeness (QED) is 0.747. The predicted octanol–water partition coefficient (Wildman–Crippen LogP) is 4.45. The Morgan fingerprint density at radius 1 is 1.21 bits per heavy atom. The summed E-state index contributed by atoms with van der Waals surface area (Å²) in [6.45, 7) is 0. The van der Waals surface area contributed by atoms with Crippen LogP contribution < -0.4 is 5.32 Å². The molecule has 5 nitrogen and oxygen atoms in total. The van der Waals surface area contributed by atoms with E-state index in [1.807, 2.05) is 34.3 Å². The van der Waals surface area contributed by atoms with Crippen LogP contribution in [0.4, 0.5) is 0 Å². The normalized spacial score (nSPS) is 16.8. The summed E-state index contributed by atoms with van der Waals surface area (Å²) in [5, 5.41) is 13.1. The highest BCUT2D eigenvalue weighted by Crippen LogP contribution is 2.37. The third-order valence-electron chi connectivity index (χ3n) is 4.42. The monoisotopic (exact) mass is 359 g/mol. The van der Waals surface area contributed by atoms with Gasteiger partial charge in [0.15, 0.2) is 0 Å². The molecule has 3 aromatic heterocycles. The van der Waals surface area contributed by atoms with Gasteiger partial charge in [0.05, 0.1) is 10.4 Å². The first-order valence-corrected chi connectivity index (χ1v) is 9.82. The van der Waals surface area contributed by atoms with Crippen molar-refractivity contribution in [3.63, 3.8) is 0 Å². The van der Waals surface area contributed by atoms with Crippen molar-refractivity contribution >= 4 is 28.6 Å². The second kappa shape index (κ2) is 6.49. The topological polar surface area (TPSA) is 68.0 Å². The van der Waals surface area contributed by atoms with Gasteiger partial charge in [-0.3, -0.25) is 4.79 Å². The van der Waals surface area contributed by atoms with Crippen molar-refractivity contribution in [3.8, 4) is 10.7 Å². The molecule has 0 atom stereocenters. The second-order valence-electron chi connectivity index (χ2n) is 6.01. The fraction of sp³-hybridized carbons (Fsp3) is 0.353. The first-order chi connectivity index (χ1) is 11.8. The van der Waals surface area contributed by atoms with E-state index < -0.39 is 5.54 Å². The van der Waals surface area contributed by atoms with Crippen LogP contribution in [0.2, 0.25) is 0 Å². The molecule has 3 aromatic rings. The van der Waals surface area contributed by atoms with E-state index in [1.165, 1.54) is 17.8 Å². The van der Waals surface area contributed by atoms with Crippen molar-refractivity contribution < 1.29 is 9.32 Å². The van der Waals surface area contributed by atoms with Crippen LogP contribution >= 0.6 is 22.7 Å². The maximum atomic E-state index is 12.6. The molecule has 124 valence electrons. The number of carbonyl (C=O) groups is 1. The first kappa shape index (κ1) is 15.5. The Morgan fingerprint density at radius 3 is 2.79 bits per heavy atom. The van der Waals surface area contributed by atoms with E-state index in [0.29, 0.717) is 17.3 Å². The fourth-order valence-electron chi connectivity index (χ4n) is 3.15. The molecular weight excluding hydrogens is 342 g/mol. The molecule has 0 bridgehead atoms. The molecule has 1 saturated carbocycles. The van der Waals surface area contributed by atoms with Crippen molar-refractivity contribution in [2.24, 2.45) is 0 Å². The molecule has 7 heteroatoms. The summed E-state index contributed by atoms with van der Waals surface area (Å²) in [6, 6.07) is 5.77. The minimum absolute atomic E-state index is 0.0750. The van der Waals surface area contributed by atoms with Crippen molar-refractivity contribution in [2.75, 3.05) is 0 Å². The van der Waals surface area contributed by atoms with Gasteiger partial charge in [-0.15, -0.1) is 11.3 Å². The summed E-state index contributed by atoms with van der Waals surface area (Å²) in [4.78, 5) is 18.2. The molecule has 1 aliphatic rings. The van der Waals surface area contributed by atoms with Crippen molar-refractivity contribution in [1.29, 1.82) is 0 Å². The Morgan fingerprint density at radius 2 is 2.08 bits per heavy atom. The smallest absolute Gasteiger partial charge is 0.252 e. The van der Waals surface area contributed by atoms with Gasteiger partial charge in [0, 0.05) is 5.38 Å². The molecule has 1 aliphatic carbocycles. The van der Waals surface area contributed by atoms with Crippen LogP contribution in [0, 0.1) is 0 Å². The summed E-state index contributed by atoms with van der Waals surface area (Å²) in [7, 11) is 0. The van der Waals surface area contributed by atoms with Crippen LogP contribution in [0.25, 0.3) is 10.7 Å². The zero-order valence-electron chi connectivity index (χ0n) is 13.0. The summed E-state index contributed by atoms with van der Waals surface area (Å²) < 4.78 is 5.58. The molecule has 0 radical (unpaired) electrons. The predicted molar refractivity (Wildman–Crippen MR) is 94.2 cm³/mol. The highest BCUT2D eigenvalue weighted by Gasteiger charge is 2.41. The number of rotatable bonds is 4. The average molecular weight is 359 g/mol. The van der Waals surface area contributed by atoms with Crippen LogP contribution in [-0.4, -0.2) is 16.0 Å². The lowest BCUT2D eigenvalue weighted by atomic mass is 9.81. The SMILES string of the molecule is O=C(NC1(c2nc(-c3cccs3)no2)CCCCC1)c1ccsc1. The molecular formula is C17H17N3O2S2. The van der Waals surface area contributed by atoms with Gasteiger partial charge >= 0.3 is 0 Å². The maximum Gasteiger partial charge on any atom is 0.252 e. The lowest BCUT2D eigenvalue weighted by molar-refractivity contribution is 0.0825. The van der Waals surface area contributed by atoms with Crippen LogP contribution in [0.5, 0.6) is 0 Å². The molecule has 1 fully saturated rings. The molecule has 4 rings (SSSR count). The van der Waals surface area contributed by atoms with E-state index in [4.69, 9.17) is 4.52 Å². The average Bonchev–Trinajstić information content (AvgIpc) is 3.36. The number of nitrogens with zero attached hydrogens (tertiary/aromatic N) is 2. The summed E-state index contributed by atoms with van der Waals surface area (Å²) >= 11 is 3.09. The Labute approximate surface area is 147 Å². The second-order valence-corrected chi connectivity index (χ2v) is 7.74. The van der Waals surface area contributed by atoms with Crippen molar-refractivity contribution in [3.05, 3.63) is 45.8 Å². The maximum absolute atomic E-state index is 12.6. The Kier molecular flexibility index (Phi) is 4.20. The van der Waals surface area contributed by atoms with E-state index >= 15 is 0 Å². The highest BCUT2D eigenvalue weighted by molar-refractivity contribution is 7.13. The lowest BCUT2D eigenvalue weighted by Crippen LogP contribution is -2.47. The van der Waals surface area contributed by atoms with E-state index in [1.54, 1.807) is 11.3 Å². The Hall–Kier alpha value is -1.99. The van der Waals surface area contributed by atoms with E-state index in [9.17, 15) is 4.79 Å². The summed E-state index contributed by atoms with van der Waals surface area (Å²) in [5.74, 6) is 1.04. The van der Waals surface area contributed by atoms with Gasteiger partial charge in [-0.25, -0.2) is 0 Å². The molecule has 0 unspecified atom stereocenters. The molecule has 1 N–H and O–H groups in total. The molecule has 0 aliphatic heterocycles. The molecule has 0 spiro atoms. The van der Waals surface area contributed by atoms with Crippen molar-refractivity contribution in [1.82, 2.24) is 15.5 Å². The number of carbonyl (C=O) groups excluding carboxylic acids is 1. The fourth-order valence-corrected chi connectivity index (χ4v) is 4.44. The van der Waals surface area contributed by atoms with E-state index in [0.717, 1.165) is 30.6 Å². The standard InChI is InChI=1S/C17H17N3O2S2/c21-15(12-6-10-23-11-12)19-17(7-2-1-3-8-17)16-18-14(20-22-16)13-5-4-9-24-13/h4-6,9-11H,1-3,7-8H2,(H,19,21). The molecule has 1 amide bonds. The molecule has 3 heterocycles. The van der Waals surface area contributed by atoms with Gasteiger partial charge < -0.3 is 9.84 Å². The van der Waals surface area contributed by atoms with Crippen LogP contribution in [-0.2, 0) is 5.54 Å². The van der Waals surface area contributed by atoms with Gasteiger partial charge in [0.2, 0.25) is 5.82 Å². The molecule has 0 aromatic carbocycles. The molecule has 24 heavy (non-hydrogen) atoms. The minimum Gasteiger partial charge on any atom is -0.338 e. The minimum atomic E-state index is -0.556. The van der Waals surface area contributed by atoms with Crippen LogP contribution in [0.15, 0.2) is 38.9 Å². The highest BCUT2D eigenvalue weighted by atomic mass is 32.1. The third-order valence-corrected chi connectivity index (χ3v) is 5.97. The van der Waals surface area contributed by atoms with Gasteiger partial charge in [-0.05, 0) is 35.7 Å². The van der Waals surface area contributed by atoms with Gasteiger partial charge in [-0.2, -0.15) is 16.3 Å². The number of thiophene rings is 2.